The van der Waals surface area contributed by atoms with Gasteiger partial charge in [-0.2, -0.15) is 0 Å². The number of amides is 1. The number of carbonyl (C=O) groups excluding carboxylic acids is 1. The molecule has 2 fully saturated rings. The average molecular weight is 472 g/mol. The van der Waals surface area contributed by atoms with Crippen LogP contribution in [0.3, 0.4) is 0 Å². The largest absolute Gasteiger partial charge is 0.333 e. The second-order valence-corrected chi connectivity index (χ2v) is 8.67. The first-order chi connectivity index (χ1) is 13.5. The number of hydrogen-bond acceptors (Lipinski definition) is 4. The quantitative estimate of drug-likeness (QED) is 0.703. The second kappa shape index (κ2) is 10.8. The van der Waals surface area contributed by atoms with Crippen LogP contribution in [0.5, 0.6) is 0 Å². The maximum atomic E-state index is 13.5. The summed E-state index contributed by atoms with van der Waals surface area (Å²) in [6, 6.07) is 7.59. The molecule has 0 saturated heterocycles. The number of aromatic nitrogens is 2. The summed E-state index contributed by atoms with van der Waals surface area (Å²) in [5, 5.41) is 0.671. The maximum Gasteiger partial charge on any atom is 0.226 e. The number of rotatable bonds is 4. The molecule has 5 nitrogen and oxygen atoms in total. The first-order valence-corrected chi connectivity index (χ1v) is 10.5. The minimum Gasteiger partial charge on any atom is -0.333 e. The van der Waals surface area contributed by atoms with Crippen molar-refractivity contribution in [3.05, 3.63) is 59.1 Å². The van der Waals surface area contributed by atoms with Crippen LogP contribution < -0.4 is 5.73 Å². The highest BCUT2D eigenvalue weighted by molar-refractivity contribution is 6.30. The predicted octanol–water partition coefficient (Wildman–Crippen LogP) is 4.68. The molecule has 0 radical (unpaired) electrons. The molecule has 3 atom stereocenters. The zero-order chi connectivity index (χ0) is 19.7. The Labute approximate surface area is 195 Å². The molecular weight excluding hydrogens is 443 g/mol. The minimum absolute atomic E-state index is 0. The highest BCUT2D eigenvalue weighted by atomic mass is 35.5. The van der Waals surface area contributed by atoms with Crippen LogP contribution in [-0.4, -0.2) is 33.9 Å². The van der Waals surface area contributed by atoms with Gasteiger partial charge in [0.05, 0.1) is 11.9 Å². The molecule has 30 heavy (non-hydrogen) atoms. The van der Waals surface area contributed by atoms with Gasteiger partial charge >= 0.3 is 0 Å². The number of hydrogen-bond donors (Lipinski definition) is 1. The van der Waals surface area contributed by atoms with E-state index in [0.29, 0.717) is 16.9 Å². The zero-order valence-corrected chi connectivity index (χ0v) is 19.4. The van der Waals surface area contributed by atoms with Gasteiger partial charge in [-0.1, -0.05) is 30.2 Å². The van der Waals surface area contributed by atoms with Crippen LogP contribution in [0, 0.1) is 17.8 Å². The molecule has 4 rings (SSSR count). The average Bonchev–Trinajstić information content (AvgIpc) is 2.69. The van der Waals surface area contributed by atoms with Crippen molar-refractivity contribution >= 4 is 42.3 Å². The second-order valence-electron chi connectivity index (χ2n) is 8.23. The van der Waals surface area contributed by atoms with Crippen LogP contribution in [-0.2, 0) is 4.79 Å². The SMILES string of the molecule is CN(C(=O)C1CC2CCCC(C1)C2N)C(c1ccc(Cl)cc1)c1cnccn1.Cl.Cl. The summed E-state index contributed by atoms with van der Waals surface area (Å²) in [4.78, 5) is 24.0. The van der Waals surface area contributed by atoms with Gasteiger partial charge in [0, 0.05) is 36.4 Å². The molecule has 0 aliphatic heterocycles. The van der Waals surface area contributed by atoms with Crippen molar-refractivity contribution in [3.8, 4) is 0 Å². The summed E-state index contributed by atoms with van der Waals surface area (Å²) in [5.74, 6) is 1.15. The summed E-state index contributed by atoms with van der Waals surface area (Å²) >= 11 is 6.07. The lowest BCUT2D eigenvalue weighted by Crippen LogP contribution is -2.49. The fourth-order valence-electron chi connectivity index (χ4n) is 5.10. The lowest BCUT2D eigenvalue weighted by molar-refractivity contribution is -0.139. The van der Waals surface area contributed by atoms with E-state index in [0.717, 1.165) is 36.9 Å². The van der Waals surface area contributed by atoms with E-state index in [9.17, 15) is 4.79 Å². The predicted molar refractivity (Wildman–Crippen MR) is 124 cm³/mol. The van der Waals surface area contributed by atoms with E-state index in [1.54, 1.807) is 18.6 Å². The standard InChI is InChI=1S/C22H27ClN4O.2ClH/c1-27(22(28)17-11-15-3-2-4-16(12-17)20(15)24)21(19-13-25-9-10-26-19)14-5-7-18(23)8-6-14;;/h5-10,13,15-17,20-21H,2-4,11-12,24H2,1H3;2*1H. The van der Waals surface area contributed by atoms with Crippen LogP contribution in [0.25, 0.3) is 0 Å². The molecule has 1 aromatic heterocycles. The fourth-order valence-corrected chi connectivity index (χ4v) is 5.22. The highest BCUT2D eigenvalue weighted by Crippen LogP contribution is 2.43. The van der Waals surface area contributed by atoms with Gasteiger partial charge in [0.1, 0.15) is 6.04 Å². The lowest BCUT2D eigenvalue weighted by Gasteiger charge is -2.44. The van der Waals surface area contributed by atoms with E-state index in [4.69, 9.17) is 17.3 Å². The Morgan fingerprint density at radius 1 is 1.13 bits per heavy atom. The van der Waals surface area contributed by atoms with Crippen molar-refractivity contribution in [3.63, 3.8) is 0 Å². The van der Waals surface area contributed by atoms with Gasteiger partial charge < -0.3 is 10.6 Å². The smallest absolute Gasteiger partial charge is 0.226 e. The number of halogens is 3. The van der Waals surface area contributed by atoms with E-state index in [1.807, 2.05) is 36.2 Å². The molecule has 2 bridgehead atoms. The Bertz CT molecular complexity index is 807. The van der Waals surface area contributed by atoms with Crippen molar-refractivity contribution in [2.24, 2.45) is 23.5 Å². The number of carbonyl (C=O) groups is 1. The van der Waals surface area contributed by atoms with Crippen molar-refractivity contribution in [2.45, 2.75) is 44.2 Å². The van der Waals surface area contributed by atoms with Crippen molar-refractivity contribution < 1.29 is 4.79 Å². The molecule has 8 heteroatoms. The Hall–Kier alpha value is -1.40. The Morgan fingerprint density at radius 2 is 1.77 bits per heavy atom. The third kappa shape index (κ3) is 5.08. The third-order valence-electron chi connectivity index (χ3n) is 6.55. The number of fused-ring (bicyclic) bond motifs is 2. The van der Waals surface area contributed by atoms with Crippen molar-refractivity contribution in [1.82, 2.24) is 14.9 Å². The lowest BCUT2D eigenvalue weighted by atomic mass is 9.65. The molecule has 1 heterocycles. The van der Waals surface area contributed by atoms with Gasteiger partial charge in [0.15, 0.2) is 0 Å². The maximum absolute atomic E-state index is 13.5. The zero-order valence-electron chi connectivity index (χ0n) is 17.0. The summed E-state index contributed by atoms with van der Waals surface area (Å²) in [5.41, 5.74) is 8.16. The fraction of sp³-hybridized carbons (Fsp3) is 0.500. The first kappa shape index (κ1) is 24.9. The van der Waals surface area contributed by atoms with Gasteiger partial charge in [-0.15, -0.1) is 24.8 Å². The van der Waals surface area contributed by atoms with E-state index < -0.39 is 0 Å². The molecule has 164 valence electrons. The monoisotopic (exact) mass is 470 g/mol. The first-order valence-electron chi connectivity index (χ1n) is 10.1. The third-order valence-corrected chi connectivity index (χ3v) is 6.80. The summed E-state index contributed by atoms with van der Waals surface area (Å²) in [7, 11) is 1.88. The molecular formula is C22H29Cl3N4O. The number of nitrogens with two attached hydrogens (primary N) is 1. The molecule has 0 spiro atoms. The number of nitrogens with zero attached hydrogens (tertiary/aromatic N) is 3. The van der Waals surface area contributed by atoms with Crippen molar-refractivity contribution in [2.75, 3.05) is 7.05 Å². The van der Waals surface area contributed by atoms with Crippen LogP contribution in [0.1, 0.15) is 49.4 Å². The molecule has 2 saturated carbocycles. The molecule has 2 aliphatic carbocycles. The van der Waals surface area contributed by atoms with E-state index in [-0.39, 0.29) is 48.7 Å². The minimum atomic E-state index is -0.283. The molecule has 2 aliphatic rings. The summed E-state index contributed by atoms with van der Waals surface area (Å²) in [6.07, 6.45) is 10.4. The van der Waals surface area contributed by atoms with Crippen LogP contribution in [0.2, 0.25) is 5.02 Å². The normalized spacial score (nSPS) is 26.0. The Balaban J connectivity index is 0.00000160. The van der Waals surface area contributed by atoms with Gasteiger partial charge in [0.25, 0.3) is 0 Å². The summed E-state index contributed by atoms with van der Waals surface area (Å²) in [6.45, 7) is 0. The molecule has 2 N–H and O–H groups in total. The van der Waals surface area contributed by atoms with E-state index >= 15 is 0 Å². The Morgan fingerprint density at radius 3 is 2.33 bits per heavy atom. The number of benzene rings is 1. The van der Waals surface area contributed by atoms with Crippen LogP contribution >= 0.6 is 36.4 Å². The van der Waals surface area contributed by atoms with Gasteiger partial charge in [-0.3, -0.25) is 14.8 Å². The molecule has 2 aromatic rings. The van der Waals surface area contributed by atoms with Crippen LogP contribution in [0.15, 0.2) is 42.9 Å². The van der Waals surface area contributed by atoms with Gasteiger partial charge in [0.2, 0.25) is 5.91 Å². The molecule has 3 unspecified atom stereocenters. The van der Waals surface area contributed by atoms with Crippen molar-refractivity contribution in [1.29, 1.82) is 0 Å². The van der Waals surface area contributed by atoms with E-state index in [1.165, 1.54) is 6.42 Å². The molecule has 1 amide bonds. The molecule has 1 aromatic carbocycles. The van der Waals surface area contributed by atoms with E-state index in [2.05, 4.69) is 9.97 Å². The van der Waals surface area contributed by atoms with Gasteiger partial charge in [-0.05, 0) is 55.2 Å². The van der Waals surface area contributed by atoms with Gasteiger partial charge in [-0.25, -0.2) is 0 Å². The van der Waals surface area contributed by atoms with Crippen LogP contribution in [0.4, 0.5) is 0 Å². The Kier molecular flexibility index (Phi) is 8.92. The highest BCUT2D eigenvalue weighted by Gasteiger charge is 2.42. The topological polar surface area (TPSA) is 72.1 Å². The summed E-state index contributed by atoms with van der Waals surface area (Å²) < 4.78 is 0.